The number of amides is 1. The molecule has 0 heterocycles. The fourth-order valence-electron chi connectivity index (χ4n) is 3.95. The summed E-state index contributed by atoms with van der Waals surface area (Å²) in [6.07, 6.45) is 4.98. The van der Waals surface area contributed by atoms with Crippen LogP contribution in [0, 0.1) is 0 Å². The SMILES string of the molecule is CCNc1ccc(CN(CCO)C2CCc3cc(C=CC(=O)NO)ccc32)cc1. The zero-order valence-electron chi connectivity index (χ0n) is 16.8. The first-order chi connectivity index (χ1) is 14.1. The minimum absolute atomic E-state index is 0.123. The number of nitrogens with zero attached hydrogens (tertiary/aromatic N) is 1. The molecule has 0 saturated heterocycles. The van der Waals surface area contributed by atoms with Crippen molar-refractivity contribution < 1.29 is 15.1 Å². The zero-order chi connectivity index (χ0) is 20.6. The summed E-state index contributed by atoms with van der Waals surface area (Å²) < 4.78 is 0. The lowest BCUT2D eigenvalue weighted by Gasteiger charge is -2.29. The molecular formula is C23H29N3O3. The molecule has 0 aliphatic heterocycles. The molecule has 1 aliphatic rings. The average Bonchev–Trinajstić information content (AvgIpc) is 3.16. The van der Waals surface area contributed by atoms with Crippen LogP contribution in [0.4, 0.5) is 5.69 Å². The van der Waals surface area contributed by atoms with Crippen LogP contribution in [-0.4, -0.2) is 40.8 Å². The Balaban J connectivity index is 1.74. The maximum atomic E-state index is 11.2. The number of rotatable bonds is 9. The normalized spacial score (nSPS) is 15.7. The summed E-state index contributed by atoms with van der Waals surface area (Å²) in [7, 11) is 0. The second-order valence-corrected chi connectivity index (χ2v) is 7.24. The number of nitrogens with one attached hydrogen (secondary N) is 2. The molecule has 0 radical (unpaired) electrons. The van der Waals surface area contributed by atoms with E-state index in [1.807, 2.05) is 6.07 Å². The molecule has 4 N–H and O–H groups in total. The minimum atomic E-state index is -0.544. The van der Waals surface area contributed by atoms with Gasteiger partial charge in [0, 0.05) is 37.4 Å². The maximum Gasteiger partial charge on any atom is 0.267 e. The Labute approximate surface area is 171 Å². The largest absolute Gasteiger partial charge is 0.395 e. The molecule has 1 aliphatic carbocycles. The number of fused-ring (bicyclic) bond motifs is 1. The first-order valence-corrected chi connectivity index (χ1v) is 10.1. The van der Waals surface area contributed by atoms with E-state index in [0.717, 1.165) is 37.2 Å². The molecule has 2 aromatic carbocycles. The molecule has 1 amide bonds. The van der Waals surface area contributed by atoms with Gasteiger partial charge >= 0.3 is 0 Å². The van der Waals surface area contributed by atoms with E-state index in [4.69, 9.17) is 5.21 Å². The van der Waals surface area contributed by atoms with Gasteiger partial charge in [0.1, 0.15) is 0 Å². The Morgan fingerprint density at radius 2 is 2.03 bits per heavy atom. The van der Waals surface area contributed by atoms with Crippen LogP contribution >= 0.6 is 0 Å². The highest BCUT2D eigenvalue weighted by Gasteiger charge is 2.27. The average molecular weight is 396 g/mol. The van der Waals surface area contributed by atoms with Gasteiger partial charge in [0.2, 0.25) is 0 Å². The smallest absolute Gasteiger partial charge is 0.267 e. The lowest BCUT2D eigenvalue weighted by atomic mass is 10.0. The molecule has 0 saturated carbocycles. The number of aliphatic hydroxyl groups is 1. The second-order valence-electron chi connectivity index (χ2n) is 7.24. The van der Waals surface area contributed by atoms with Crippen LogP contribution in [-0.2, 0) is 17.8 Å². The van der Waals surface area contributed by atoms with Gasteiger partial charge < -0.3 is 10.4 Å². The zero-order valence-corrected chi connectivity index (χ0v) is 16.8. The molecule has 0 fully saturated rings. The van der Waals surface area contributed by atoms with Crippen molar-refractivity contribution in [2.45, 2.75) is 32.4 Å². The standard InChI is InChI=1S/C23H29N3O3/c1-2-24-20-8-3-18(4-9-20)16-26(13-14-27)22-11-7-19-15-17(5-10-21(19)22)6-12-23(28)25-29/h3-6,8-10,12,15,22,24,27,29H,2,7,11,13-14,16H2,1H3,(H,25,28). The minimum Gasteiger partial charge on any atom is -0.395 e. The van der Waals surface area contributed by atoms with Crippen molar-refractivity contribution in [1.29, 1.82) is 0 Å². The number of anilines is 1. The number of aryl methyl sites for hydroxylation is 1. The Morgan fingerprint density at radius 1 is 1.24 bits per heavy atom. The van der Waals surface area contributed by atoms with Gasteiger partial charge in [-0.05, 0) is 60.2 Å². The van der Waals surface area contributed by atoms with Gasteiger partial charge in [-0.2, -0.15) is 0 Å². The molecule has 3 rings (SSSR count). The molecule has 0 aromatic heterocycles. The summed E-state index contributed by atoms with van der Waals surface area (Å²) in [6.45, 7) is 4.51. The number of carbonyl (C=O) groups excluding carboxylic acids is 1. The van der Waals surface area contributed by atoms with E-state index in [-0.39, 0.29) is 12.6 Å². The van der Waals surface area contributed by atoms with E-state index < -0.39 is 5.91 Å². The Kier molecular flexibility index (Phi) is 7.41. The number of hydrogen-bond acceptors (Lipinski definition) is 5. The van der Waals surface area contributed by atoms with Crippen molar-refractivity contribution in [2.24, 2.45) is 0 Å². The predicted molar refractivity (Wildman–Crippen MR) is 115 cm³/mol. The Morgan fingerprint density at radius 3 is 2.72 bits per heavy atom. The third kappa shape index (κ3) is 5.44. The van der Waals surface area contributed by atoms with Gasteiger partial charge in [-0.15, -0.1) is 0 Å². The van der Waals surface area contributed by atoms with Gasteiger partial charge in [-0.3, -0.25) is 14.9 Å². The van der Waals surface area contributed by atoms with Crippen molar-refractivity contribution in [3.8, 4) is 0 Å². The Hall–Kier alpha value is -2.67. The van der Waals surface area contributed by atoms with Crippen LogP contribution in [0.3, 0.4) is 0 Å². The number of carbonyl (C=O) groups is 1. The molecule has 2 aromatic rings. The predicted octanol–water partition coefficient (Wildman–Crippen LogP) is 3.12. The van der Waals surface area contributed by atoms with Gasteiger partial charge in [-0.25, -0.2) is 5.48 Å². The van der Waals surface area contributed by atoms with Crippen LogP contribution in [0.1, 0.15) is 41.6 Å². The van der Waals surface area contributed by atoms with Crippen molar-refractivity contribution in [3.63, 3.8) is 0 Å². The molecular weight excluding hydrogens is 366 g/mol. The fourth-order valence-corrected chi connectivity index (χ4v) is 3.95. The van der Waals surface area contributed by atoms with E-state index in [0.29, 0.717) is 6.54 Å². The number of benzene rings is 2. The van der Waals surface area contributed by atoms with Crippen LogP contribution in [0.2, 0.25) is 0 Å². The highest BCUT2D eigenvalue weighted by Crippen LogP contribution is 2.37. The van der Waals surface area contributed by atoms with Crippen molar-refractivity contribution in [1.82, 2.24) is 10.4 Å². The van der Waals surface area contributed by atoms with Crippen molar-refractivity contribution in [2.75, 3.05) is 25.0 Å². The maximum absolute atomic E-state index is 11.2. The fraction of sp³-hybridized carbons (Fsp3) is 0.348. The number of hydroxylamine groups is 1. The quantitative estimate of drug-likeness (QED) is 0.298. The van der Waals surface area contributed by atoms with Crippen molar-refractivity contribution in [3.05, 3.63) is 70.8 Å². The second kappa shape index (κ2) is 10.2. The molecule has 1 unspecified atom stereocenters. The molecule has 0 spiro atoms. The van der Waals surface area contributed by atoms with Gasteiger partial charge in [0.15, 0.2) is 0 Å². The summed E-state index contributed by atoms with van der Waals surface area (Å²) in [5, 5.41) is 21.5. The summed E-state index contributed by atoms with van der Waals surface area (Å²) in [4.78, 5) is 13.5. The number of hydrogen-bond donors (Lipinski definition) is 4. The summed E-state index contributed by atoms with van der Waals surface area (Å²) in [6, 6.07) is 14.9. The lowest BCUT2D eigenvalue weighted by molar-refractivity contribution is -0.124. The summed E-state index contributed by atoms with van der Waals surface area (Å²) in [5.41, 5.74) is 7.42. The lowest BCUT2D eigenvalue weighted by Crippen LogP contribution is -2.30. The summed E-state index contributed by atoms with van der Waals surface area (Å²) in [5.74, 6) is -0.544. The van der Waals surface area contributed by atoms with Gasteiger partial charge in [-0.1, -0.05) is 30.3 Å². The van der Waals surface area contributed by atoms with Gasteiger partial charge in [0.25, 0.3) is 5.91 Å². The number of aliphatic hydroxyl groups excluding tert-OH is 1. The van der Waals surface area contributed by atoms with Crippen LogP contribution < -0.4 is 10.8 Å². The highest BCUT2D eigenvalue weighted by molar-refractivity contribution is 5.90. The molecule has 1 atom stereocenters. The van der Waals surface area contributed by atoms with Crippen LogP contribution in [0.5, 0.6) is 0 Å². The van der Waals surface area contributed by atoms with E-state index in [2.05, 4.69) is 53.5 Å². The van der Waals surface area contributed by atoms with E-state index in [1.165, 1.54) is 22.8 Å². The highest BCUT2D eigenvalue weighted by atomic mass is 16.5. The first-order valence-electron chi connectivity index (χ1n) is 10.1. The first kappa shape index (κ1) is 21.0. The van der Waals surface area contributed by atoms with Crippen LogP contribution in [0.25, 0.3) is 6.08 Å². The molecule has 29 heavy (non-hydrogen) atoms. The van der Waals surface area contributed by atoms with Crippen molar-refractivity contribution >= 4 is 17.7 Å². The third-order valence-electron chi connectivity index (χ3n) is 5.30. The molecule has 6 heteroatoms. The monoisotopic (exact) mass is 395 g/mol. The molecule has 154 valence electrons. The third-order valence-corrected chi connectivity index (χ3v) is 5.30. The Bertz CT molecular complexity index is 849. The van der Waals surface area contributed by atoms with E-state index in [1.54, 1.807) is 11.6 Å². The summed E-state index contributed by atoms with van der Waals surface area (Å²) >= 11 is 0. The topological polar surface area (TPSA) is 84.8 Å². The molecule has 6 nitrogen and oxygen atoms in total. The van der Waals surface area contributed by atoms with Gasteiger partial charge in [0.05, 0.1) is 6.61 Å². The van der Waals surface area contributed by atoms with E-state index >= 15 is 0 Å². The van der Waals surface area contributed by atoms with Crippen LogP contribution in [0.15, 0.2) is 48.5 Å². The molecule has 0 bridgehead atoms. The van der Waals surface area contributed by atoms with E-state index in [9.17, 15) is 9.90 Å².